The van der Waals surface area contributed by atoms with E-state index >= 15 is 0 Å². The van der Waals surface area contributed by atoms with Gasteiger partial charge in [-0.2, -0.15) is 12.6 Å². The smallest absolute Gasteiger partial charge is 0.316 e. The Bertz CT molecular complexity index is 285. The van der Waals surface area contributed by atoms with Gasteiger partial charge in [-0.1, -0.05) is 30.3 Å². The third kappa shape index (κ3) is 3.83. The predicted molar refractivity (Wildman–Crippen MR) is 59.8 cm³/mol. The molecule has 1 N–H and O–H groups in total. The SMILES string of the molecule is O=C(O)C(S)CCCc1ccccc1. The molecule has 0 radical (unpaired) electrons. The molecule has 0 aromatic heterocycles. The molecule has 1 aromatic rings. The summed E-state index contributed by atoms with van der Waals surface area (Å²) in [6.07, 6.45) is 2.41. The van der Waals surface area contributed by atoms with Crippen LogP contribution in [0, 0.1) is 0 Å². The average Bonchev–Trinajstić information content (AvgIpc) is 2.19. The van der Waals surface area contributed by atoms with E-state index in [-0.39, 0.29) is 0 Å². The second-order valence-corrected chi connectivity index (χ2v) is 3.86. The van der Waals surface area contributed by atoms with E-state index in [1.165, 1.54) is 5.56 Å². The maximum absolute atomic E-state index is 10.5. The lowest BCUT2D eigenvalue weighted by molar-refractivity contribution is -0.136. The summed E-state index contributed by atoms with van der Waals surface area (Å²) >= 11 is 3.97. The quantitative estimate of drug-likeness (QED) is 0.732. The van der Waals surface area contributed by atoms with Crippen LogP contribution in [0.1, 0.15) is 18.4 Å². The molecular formula is C11H14O2S. The van der Waals surface area contributed by atoms with Crippen LogP contribution in [0.2, 0.25) is 0 Å². The standard InChI is InChI=1S/C11H14O2S/c12-11(13)10(14)8-4-7-9-5-2-1-3-6-9/h1-3,5-6,10,14H,4,7-8H2,(H,12,13). The molecule has 1 atom stereocenters. The first-order valence-electron chi connectivity index (χ1n) is 4.65. The third-order valence-electron chi connectivity index (χ3n) is 2.07. The maximum Gasteiger partial charge on any atom is 0.316 e. The average molecular weight is 210 g/mol. The summed E-state index contributed by atoms with van der Waals surface area (Å²) in [4.78, 5) is 10.5. The third-order valence-corrected chi connectivity index (χ3v) is 2.55. The van der Waals surface area contributed by atoms with Gasteiger partial charge < -0.3 is 5.11 Å². The zero-order valence-electron chi connectivity index (χ0n) is 7.89. The van der Waals surface area contributed by atoms with Gasteiger partial charge in [0.2, 0.25) is 0 Å². The van der Waals surface area contributed by atoms with Gasteiger partial charge >= 0.3 is 5.97 Å². The van der Waals surface area contributed by atoms with E-state index in [2.05, 4.69) is 12.6 Å². The monoisotopic (exact) mass is 210 g/mol. The molecule has 1 unspecified atom stereocenters. The maximum atomic E-state index is 10.5. The van der Waals surface area contributed by atoms with Gasteiger partial charge in [0.1, 0.15) is 0 Å². The van der Waals surface area contributed by atoms with Crippen LogP contribution in [0.3, 0.4) is 0 Å². The lowest BCUT2D eigenvalue weighted by atomic mass is 10.1. The zero-order valence-corrected chi connectivity index (χ0v) is 8.78. The van der Waals surface area contributed by atoms with Crippen LogP contribution in [-0.4, -0.2) is 16.3 Å². The Kier molecular flexibility index (Phi) is 4.53. The summed E-state index contributed by atoms with van der Waals surface area (Å²) in [5.41, 5.74) is 1.25. The second-order valence-electron chi connectivity index (χ2n) is 3.23. The number of benzene rings is 1. The van der Waals surface area contributed by atoms with E-state index in [1.807, 2.05) is 30.3 Å². The van der Waals surface area contributed by atoms with Crippen molar-refractivity contribution >= 4 is 18.6 Å². The summed E-state index contributed by atoms with van der Waals surface area (Å²) in [7, 11) is 0. The number of carboxylic acid groups (broad SMARTS) is 1. The summed E-state index contributed by atoms with van der Waals surface area (Å²) in [5.74, 6) is -0.832. The summed E-state index contributed by atoms with van der Waals surface area (Å²) in [6, 6.07) is 10.1. The van der Waals surface area contributed by atoms with E-state index in [0.717, 1.165) is 12.8 Å². The fourth-order valence-electron chi connectivity index (χ4n) is 1.27. The molecule has 0 fully saturated rings. The van der Waals surface area contributed by atoms with Crippen LogP contribution in [0.15, 0.2) is 30.3 Å². The van der Waals surface area contributed by atoms with Crippen LogP contribution in [0.4, 0.5) is 0 Å². The van der Waals surface area contributed by atoms with Crippen LogP contribution in [0.25, 0.3) is 0 Å². The summed E-state index contributed by atoms with van der Waals surface area (Å²) in [6.45, 7) is 0. The minimum absolute atomic E-state index is 0.529. The van der Waals surface area contributed by atoms with E-state index < -0.39 is 11.2 Å². The van der Waals surface area contributed by atoms with Crippen LogP contribution >= 0.6 is 12.6 Å². The van der Waals surface area contributed by atoms with Gasteiger partial charge in [-0.3, -0.25) is 4.79 Å². The number of hydrogen-bond acceptors (Lipinski definition) is 2. The normalized spacial score (nSPS) is 12.4. The molecule has 76 valence electrons. The minimum Gasteiger partial charge on any atom is -0.480 e. The van der Waals surface area contributed by atoms with Gasteiger partial charge in [-0.25, -0.2) is 0 Å². The van der Waals surface area contributed by atoms with E-state index in [1.54, 1.807) is 0 Å². The molecule has 0 aliphatic carbocycles. The molecule has 0 aliphatic heterocycles. The highest BCUT2D eigenvalue weighted by Crippen LogP contribution is 2.09. The molecule has 2 nitrogen and oxygen atoms in total. The first-order valence-corrected chi connectivity index (χ1v) is 5.16. The van der Waals surface area contributed by atoms with Crippen molar-refractivity contribution in [2.45, 2.75) is 24.5 Å². The molecular weight excluding hydrogens is 196 g/mol. The Balaban J connectivity index is 2.26. The molecule has 0 heterocycles. The molecule has 0 saturated heterocycles. The summed E-state index contributed by atoms with van der Waals surface area (Å²) < 4.78 is 0. The highest BCUT2D eigenvalue weighted by Gasteiger charge is 2.10. The molecule has 0 spiro atoms. The van der Waals surface area contributed by atoms with Crippen LogP contribution in [-0.2, 0) is 11.2 Å². The fourth-order valence-corrected chi connectivity index (χ4v) is 1.45. The van der Waals surface area contributed by atoms with Gasteiger partial charge in [-0.15, -0.1) is 0 Å². The van der Waals surface area contributed by atoms with Crippen molar-refractivity contribution in [3.8, 4) is 0 Å². The number of aryl methyl sites for hydroxylation is 1. The van der Waals surface area contributed by atoms with E-state index in [9.17, 15) is 4.79 Å². The first kappa shape index (κ1) is 11.1. The van der Waals surface area contributed by atoms with Crippen molar-refractivity contribution in [3.63, 3.8) is 0 Å². The molecule has 0 saturated carbocycles. The largest absolute Gasteiger partial charge is 0.480 e. The second kappa shape index (κ2) is 5.70. The van der Waals surface area contributed by atoms with Crippen LogP contribution < -0.4 is 0 Å². The van der Waals surface area contributed by atoms with Crippen molar-refractivity contribution in [2.75, 3.05) is 0 Å². The van der Waals surface area contributed by atoms with Crippen molar-refractivity contribution in [2.24, 2.45) is 0 Å². The van der Waals surface area contributed by atoms with Gasteiger partial charge in [0.15, 0.2) is 0 Å². The Labute approximate surface area is 89.4 Å². The first-order chi connectivity index (χ1) is 6.70. The highest BCUT2D eigenvalue weighted by molar-refractivity contribution is 7.81. The predicted octanol–water partition coefficient (Wildman–Crippen LogP) is 2.39. The van der Waals surface area contributed by atoms with Gasteiger partial charge in [0.05, 0.1) is 5.25 Å². The Morgan fingerprint density at radius 1 is 1.36 bits per heavy atom. The molecule has 0 aliphatic rings. The molecule has 0 amide bonds. The highest BCUT2D eigenvalue weighted by atomic mass is 32.1. The Hall–Kier alpha value is -0.960. The number of thiol groups is 1. The lowest BCUT2D eigenvalue weighted by Crippen LogP contribution is -2.13. The fraction of sp³-hybridized carbons (Fsp3) is 0.364. The zero-order chi connectivity index (χ0) is 10.4. The number of rotatable bonds is 5. The molecule has 14 heavy (non-hydrogen) atoms. The van der Waals surface area contributed by atoms with Crippen LogP contribution in [0.5, 0.6) is 0 Å². The van der Waals surface area contributed by atoms with Crippen molar-refractivity contribution in [3.05, 3.63) is 35.9 Å². The van der Waals surface area contributed by atoms with Crippen molar-refractivity contribution < 1.29 is 9.90 Å². The minimum atomic E-state index is -0.832. The molecule has 1 aromatic carbocycles. The van der Waals surface area contributed by atoms with E-state index in [0.29, 0.717) is 6.42 Å². The number of carbonyl (C=O) groups is 1. The number of hydrogen-bond donors (Lipinski definition) is 2. The summed E-state index contributed by atoms with van der Waals surface area (Å²) in [5, 5.41) is 8.07. The Morgan fingerprint density at radius 2 is 2.00 bits per heavy atom. The molecule has 1 rings (SSSR count). The Morgan fingerprint density at radius 3 is 2.57 bits per heavy atom. The van der Waals surface area contributed by atoms with E-state index in [4.69, 9.17) is 5.11 Å². The number of carboxylic acids is 1. The lowest BCUT2D eigenvalue weighted by Gasteiger charge is -2.04. The van der Waals surface area contributed by atoms with Gasteiger partial charge in [0, 0.05) is 0 Å². The van der Waals surface area contributed by atoms with Gasteiger partial charge in [-0.05, 0) is 24.8 Å². The topological polar surface area (TPSA) is 37.3 Å². The van der Waals surface area contributed by atoms with Gasteiger partial charge in [0.25, 0.3) is 0 Å². The van der Waals surface area contributed by atoms with Crippen molar-refractivity contribution in [1.82, 2.24) is 0 Å². The number of aliphatic carboxylic acids is 1. The van der Waals surface area contributed by atoms with Crippen molar-refractivity contribution in [1.29, 1.82) is 0 Å². The molecule has 0 bridgehead atoms. The molecule has 3 heteroatoms.